The van der Waals surface area contributed by atoms with Crippen LogP contribution in [0.1, 0.15) is 58.4 Å². The highest BCUT2D eigenvalue weighted by atomic mass is 79.9. The zero-order chi connectivity index (χ0) is 25.6. The Hall–Kier alpha value is -1.86. The molecule has 0 unspecified atom stereocenters. The second-order valence-corrected chi connectivity index (χ2v) is 12.2. The topological polar surface area (TPSA) is 112 Å². The van der Waals surface area contributed by atoms with Gasteiger partial charge in [0.25, 0.3) is 0 Å². The molecule has 7 nitrogen and oxygen atoms in total. The molecule has 0 spiro atoms. The zero-order valence-electron chi connectivity index (χ0n) is 20.0. The number of Topliss-reactive ketones (excluding diaryl/α,β-unsaturated/α-hetero) is 2. The molecule has 0 atom stereocenters. The van der Waals surface area contributed by atoms with Crippen LogP contribution in [0.3, 0.4) is 0 Å². The fourth-order valence-corrected chi connectivity index (χ4v) is 6.52. The lowest BCUT2D eigenvalue weighted by Gasteiger charge is -1.89. The number of alkyl halides is 1. The van der Waals surface area contributed by atoms with Crippen LogP contribution in [0.15, 0.2) is 5.38 Å². The number of anilines is 1. The number of halogens is 1. The van der Waals surface area contributed by atoms with Gasteiger partial charge in [0.05, 0.1) is 57.8 Å². The van der Waals surface area contributed by atoms with Crippen LogP contribution < -0.4 is 5.73 Å². The molecule has 0 aliphatic heterocycles. The van der Waals surface area contributed by atoms with Gasteiger partial charge in [0.15, 0.2) is 16.7 Å². The average Bonchev–Trinajstić information content (AvgIpc) is 3.50. The van der Waals surface area contributed by atoms with Gasteiger partial charge in [-0.25, -0.2) is 19.9 Å². The van der Waals surface area contributed by atoms with Gasteiger partial charge in [0.1, 0.15) is 0 Å². The summed E-state index contributed by atoms with van der Waals surface area (Å²) in [5.74, 6) is 0.233. The van der Waals surface area contributed by atoms with Crippen molar-refractivity contribution in [3.8, 4) is 10.6 Å². The molecule has 4 rings (SSSR count). The van der Waals surface area contributed by atoms with Gasteiger partial charge in [-0.15, -0.1) is 45.3 Å². The Morgan fingerprint density at radius 2 is 1.32 bits per heavy atom. The predicted octanol–water partition coefficient (Wildman–Crippen LogP) is 6.77. The molecule has 0 bridgehead atoms. The van der Waals surface area contributed by atoms with E-state index in [9.17, 15) is 9.59 Å². The van der Waals surface area contributed by atoms with Crippen LogP contribution in [0, 0.1) is 41.5 Å². The molecule has 12 heteroatoms. The molecule has 4 aromatic heterocycles. The Kier molecular flexibility index (Phi) is 10.6. The lowest BCUT2D eigenvalue weighted by Crippen LogP contribution is -1.98. The van der Waals surface area contributed by atoms with Crippen molar-refractivity contribution in [3.05, 3.63) is 47.2 Å². The number of nitrogens with zero attached hydrogens (tertiary/aromatic N) is 4. The van der Waals surface area contributed by atoms with E-state index in [1.165, 1.54) is 34.0 Å². The van der Waals surface area contributed by atoms with E-state index in [-0.39, 0.29) is 11.6 Å². The molecule has 0 radical (unpaired) electrons. The van der Waals surface area contributed by atoms with E-state index in [0.717, 1.165) is 52.4 Å². The number of aromatic nitrogens is 4. The maximum Gasteiger partial charge on any atom is 0.185 e. The summed E-state index contributed by atoms with van der Waals surface area (Å²) in [4.78, 5) is 41.6. The van der Waals surface area contributed by atoms with Gasteiger partial charge >= 0.3 is 0 Å². The number of carbonyl (C=O) groups is 2. The first kappa shape index (κ1) is 28.4. The monoisotopic (exact) mass is 599 g/mol. The Morgan fingerprint density at radius 3 is 1.65 bits per heavy atom. The third-order valence-electron chi connectivity index (χ3n) is 4.16. The molecule has 182 valence electrons. The number of hydrogen-bond acceptors (Lipinski definition) is 11. The number of nitrogen functional groups attached to an aromatic ring is 1. The summed E-state index contributed by atoms with van der Waals surface area (Å²) in [6.45, 7) is 13.1. The third kappa shape index (κ3) is 7.84. The number of hydrogen-bond donors (Lipinski definition) is 1. The van der Waals surface area contributed by atoms with Gasteiger partial charge in [0.2, 0.25) is 0 Å². The van der Waals surface area contributed by atoms with Gasteiger partial charge in [-0.3, -0.25) is 9.59 Å². The van der Waals surface area contributed by atoms with Gasteiger partial charge in [-0.05, 0) is 41.5 Å². The molecular weight excluding hydrogens is 574 g/mol. The number of rotatable bonds is 4. The quantitative estimate of drug-likeness (QED) is 0.203. The first-order valence-corrected chi connectivity index (χ1v) is 14.5. The minimum atomic E-state index is 0.114. The SMILES string of the molecule is CC(=O)c1sc(C)nc1C.Cc1nc(C)c(-c2csc(N)n2)s1.Cc1nc(C)c(C(=O)CBr)s1. The molecule has 0 fully saturated rings. The molecule has 0 aliphatic carbocycles. The summed E-state index contributed by atoms with van der Waals surface area (Å²) in [7, 11) is 0. The minimum absolute atomic E-state index is 0.114. The van der Waals surface area contributed by atoms with Crippen molar-refractivity contribution < 1.29 is 9.59 Å². The normalized spacial score (nSPS) is 10.2. The van der Waals surface area contributed by atoms with E-state index < -0.39 is 0 Å². The van der Waals surface area contributed by atoms with Crippen LogP contribution in [0.2, 0.25) is 0 Å². The molecule has 4 heterocycles. The number of thiazole rings is 4. The van der Waals surface area contributed by atoms with E-state index in [1.54, 1.807) is 18.3 Å². The first-order valence-electron chi connectivity index (χ1n) is 10.1. The molecule has 34 heavy (non-hydrogen) atoms. The average molecular weight is 601 g/mol. The highest BCUT2D eigenvalue weighted by Crippen LogP contribution is 2.31. The fourth-order valence-electron chi connectivity index (χ4n) is 2.87. The van der Waals surface area contributed by atoms with Crippen molar-refractivity contribution >= 4 is 78.0 Å². The van der Waals surface area contributed by atoms with E-state index in [2.05, 4.69) is 35.9 Å². The molecule has 0 saturated carbocycles. The lowest BCUT2D eigenvalue weighted by atomic mass is 10.3. The highest BCUT2D eigenvalue weighted by molar-refractivity contribution is 9.09. The number of nitrogens with two attached hydrogens (primary N) is 1. The third-order valence-corrected chi connectivity index (χ3v) is 8.73. The summed E-state index contributed by atoms with van der Waals surface area (Å²) >= 11 is 9.16. The van der Waals surface area contributed by atoms with Gasteiger partial charge < -0.3 is 5.73 Å². The minimum Gasteiger partial charge on any atom is -0.375 e. The second-order valence-electron chi connectivity index (χ2n) is 7.13. The van der Waals surface area contributed by atoms with Gasteiger partial charge in [0, 0.05) is 12.3 Å². The van der Waals surface area contributed by atoms with Crippen LogP contribution in [0.5, 0.6) is 0 Å². The molecule has 0 aromatic carbocycles. The summed E-state index contributed by atoms with van der Waals surface area (Å²) in [5, 5.41) is 5.94. The maximum absolute atomic E-state index is 11.2. The van der Waals surface area contributed by atoms with Crippen molar-refractivity contribution in [2.75, 3.05) is 11.1 Å². The van der Waals surface area contributed by atoms with Crippen molar-refractivity contribution in [2.45, 2.75) is 48.5 Å². The van der Waals surface area contributed by atoms with E-state index in [1.807, 2.05) is 46.9 Å². The zero-order valence-corrected chi connectivity index (χ0v) is 24.8. The van der Waals surface area contributed by atoms with E-state index >= 15 is 0 Å². The van der Waals surface area contributed by atoms with Crippen molar-refractivity contribution in [3.63, 3.8) is 0 Å². The Labute approximate surface area is 223 Å². The van der Waals surface area contributed by atoms with Crippen molar-refractivity contribution in [2.24, 2.45) is 0 Å². The van der Waals surface area contributed by atoms with Crippen molar-refractivity contribution in [1.29, 1.82) is 0 Å². The molecule has 4 aromatic rings. The van der Waals surface area contributed by atoms with Crippen LogP contribution in [-0.4, -0.2) is 36.8 Å². The fraction of sp³-hybridized carbons (Fsp3) is 0.364. The molecule has 0 amide bonds. The maximum atomic E-state index is 11.2. The molecular formula is C22H26BrN5O2S4. The second kappa shape index (κ2) is 12.7. The summed E-state index contributed by atoms with van der Waals surface area (Å²) in [6.07, 6.45) is 0. The lowest BCUT2D eigenvalue weighted by molar-refractivity contribution is 0.101. The molecule has 2 N–H and O–H groups in total. The number of carbonyl (C=O) groups excluding carboxylic acids is 2. The largest absolute Gasteiger partial charge is 0.375 e. The molecule has 0 aliphatic rings. The number of aryl methyl sites for hydroxylation is 6. The van der Waals surface area contributed by atoms with Crippen LogP contribution in [0.4, 0.5) is 5.13 Å². The Bertz CT molecular complexity index is 1290. The van der Waals surface area contributed by atoms with E-state index in [4.69, 9.17) is 5.73 Å². The predicted molar refractivity (Wildman–Crippen MR) is 148 cm³/mol. The number of ketones is 2. The first-order chi connectivity index (χ1) is 15.9. The summed E-state index contributed by atoms with van der Waals surface area (Å²) in [6, 6.07) is 0. The Morgan fingerprint density at radius 1 is 0.824 bits per heavy atom. The van der Waals surface area contributed by atoms with E-state index in [0.29, 0.717) is 10.5 Å². The van der Waals surface area contributed by atoms with Crippen LogP contribution >= 0.6 is 61.3 Å². The summed E-state index contributed by atoms with van der Waals surface area (Å²) in [5.41, 5.74) is 9.25. The van der Waals surface area contributed by atoms with Crippen LogP contribution in [-0.2, 0) is 0 Å². The van der Waals surface area contributed by atoms with Gasteiger partial charge in [-0.2, -0.15) is 0 Å². The van der Waals surface area contributed by atoms with Crippen LogP contribution in [0.25, 0.3) is 10.6 Å². The Balaban J connectivity index is 0.000000182. The van der Waals surface area contributed by atoms with Gasteiger partial charge in [-0.1, -0.05) is 15.9 Å². The van der Waals surface area contributed by atoms with Crippen molar-refractivity contribution in [1.82, 2.24) is 19.9 Å². The standard InChI is InChI=1S/C8H9N3S2.C7H8BrNOS.C7H9NOS/c1-4-7(13-5(2)10-4)6-3-12-8(9)11-6;1-4-7(6(10)3-8)11-5(2)9-4;1-4-7(5(2)9)10-6(3)8-4/h3H,1-2H3,(H2,9,11);3H2,1-2H3;1-3H3. The summed E-state index contributed by atoms with van der Waals surface area (Å²) < 4.78 is 0. The molecule has 0 saturated heterocycles. The smallest absolute Gasteiger partial charge is 0.185 e. The highest BCUT2D eigenvalue weighted by Gasteiger charge is 2.12.